The zero-order valence-electron chi connectivity index (χ0n) is 12.8. The smallest absolute Gasteiger partial charge is 0.255 e. The molecule has 22 heavy (non-hydrogen) atoms. The molecule has 1 N–H and O–H groups in total. The molecular formula is C17H18N2O3. The normalized spacial score (nSPS) is 10.5. The number of carbonyl (C=O) groups excluding carboxylic acids is 1. The number of hydrogen-bond donors (Lipinski definition) is 1. The van der Waals surface area contributed by atoms with Gasteiger partial charge in [-0.15, -0.1) is 0 Å². The highest BCUT2D eigenvalue weighted by Crippen LogP contribution is 2.33. The van der Waals surface area contributed by atoms with Crippen LogP contribution in [0.25, 0.3) is 6.08 Å². The van der Waals surface area contributed by atoms with E-state index in [0.29, 0.717) is 22.7 Å². The van der Waals surface area contributed by atoms with Crippen LogP contribution in [0.5, 0.6) is 11.5 Å². The molecule has 1 aromatic carbocycles. The Morgan fingerprint density at radius 3 is 2.68 bits per heavy atom. The summed E-state index contributed by atoms with van der Waals surface area (Å²) >= 11 is 0. The number of rotatable bonds is 5. The molecule has 1 amide bonds. The first-order valence-corrected chi connectivity index (χ1v) is 6.79. The number of carbonyl (C=O) groups is 1. The van der Waals surface area contributed by atoms with E-state index in [1.54, 1.807) is 50.9 Å². The van der Waals surface area contributed by atoms with Gasteiger partial charge in [0.2, 0.25) is 0 Å². The Labute approximate surface area is 129 Å². The molecule has 0 saturated heterocycles. The fraction of sp³-hybridized carbons (Fsp3) is 0.176. The molecule has 5 heteroatoms. The summed E-state index contributed by atoms with van der Waals surface area (Å²) in [6.07, 6.45) is 6.98. The van der Waals surface area contributed by atoms with Crippen molar-refractivity contribution in [1.82, 2.24) is 4.98 Å². The van der Waals surface area contributed by atoms with E-state index < -0.39 is 0 Å². The van der Waals surface area contributed by atoms with Crippen LogP contribution in [-0.2, 0) is 0 Å². The maximum atomic E-state index is 12.4. The number of nitrogens with one attached hydrogen (secondary N) is 1. The predicted octanol–water partition coefficient (Wildman–Crippen LogP) is 3.38. The van der Waals surface area contributed by atoms with Crippen molar-refractivity contribution in [2.45, 2.75) is 6.92 Å². The van der Waals surface area contributed by atoms with Crippen molar-refractivity contribution in [2.75, 3.05) is 19.5 Å². The number of nitrogens with zero attached hydrogens (tertiary/aromatic N) is 1. The van der Waals surface area contributed by atoms with Gasteiger partial charge < -0.3 is 14.8 Å². The van der Waals surface area contributed by atoms with E-state index in [0.717, 1.165) is 5.56 Å². The summed E-state index contributed by atoms with van der Waals surface area (Å²) < 4.78 is 10.7. The molecule has 0 aliphatic carbocycles. The third kappa shape index (κ3) is 3.44. The summed E-state index contributed by atoms with van der Waals surface area (Å²) in [6.45, 7) is 1.90. The second-order valence-corrected chi connectivity index (χ2v) is 4.50. The highest BCUT2D eigenvalue weighted by atomic mass is 16.5. The van der Waals surface area contributed by atoms with Gasteiger partial charge in [0, 0.05) is 17.3 Å². The van der Waals surface area contributed by atoms with Gasteiger partial charge in [-0.2, -0.15) is 0 Å². The third-order valence-corrected chi connectivity index (χ3v) is 3.04. The highest BCUT2D eigenvalue weighted by molar-refractivity contribution is 6.05. The van der Waals surface area contributed by atoms with Crippen LogP contribution in [-0.4, -0.2) is 25.1 Å². The number of methoxy groups -OCH3 is 2. The number of allylic oxidation sites excluding steroid dienone is 1. The number of benzene rings is 1. The molecule has 0 saturated carbocycles. The molecule has 0 fully saturated rings. The van der Waals surface area contributed by atoms with Crippen LogP contribution < -0.4 is 14.8 Å². The average Bonchev–Trinajstić information content (AvgIpc) is 2.55. The van der Waals surface area contributed by atoms with Crippen LogP contribution in [0.2, 0.25) is 0 Å². The van der Waals surface area contributed by atoms with Gasteiger partial charge >= 0.3 is 0 Å². The molecular weight excluding hydrogens is 280 g/mol. The van der Waals surface area contributed by atoms with E-state index in [9.17, 15) is 4.79 Å². The lowest BCUT2D eigenvalue weighted by molar-refractivity contribution is 0.102. The number of anilines is 1. The van der Waals surface area contributed by atoms with Crippen molar-refractivity contribution < 1.29 is 14.3 Å². The summed E-state index contributed by atoms with van der Waals surface area (Å²) in [6, 6.07) is 6.94. The van der Waals surface area contributed by atoms with Gasteiger partial charge in [0.15, 0.2) is 11.5 Å². The topological polar surface area (TPSA) is 60.5 Å². The van der Waals surface area contributed by atoms with E-state index in [-0.39, 0.29) is 5.91 Å². The Kier molecular flexibility index (Phi) is 5.14. The summed E-state index contributed by atoms with van der Waals surface area (Å²) in [5.74, 6) is 0.868. The first kappa shape index (κ1) is 15.6. The van der Waals surface area contributed by atoms with E-state index in [1.165, 1.54) is 0 Å². The third-order valence-electron chi connectivity index (χ3n) is 3.04. The lowest BCUT2D eigenvalue weighted by Gasteiger charge is -2.13. The summed E-state index contributed by atoms with van der Waals surface area (Å²) in [7, 11) is 3.11. The largest absolute Gasteiger partial charge is 0.493 e. The fourth-order valence-corrected chi connectivity index (χ4v) is 2.07. The monoisotopic (exact) mass is 298 g/mol. The van der Waals surface area contributed by atoms with Crippen LogP contribution in [0.1, 0.15) is 22.8 Å². The number of amides is 1. The van der Waals surface area contributed by atoms with Gasteiger partial charge in [-0.1, -0.05) is 12.2 Å². The zero-order chi connectivity index (χ0) is 15.9. The molecule has 0 bridgehead atoms. The Bertz CT molecular complexity index is 682. The van der Waals surface area contributed by atoms with Crippen molar-refractivity contribution >= 4 is 17.7 Å². The molecule has 0 radical (unpaired) electrons. The lowest BCUT2D eigenvalue weighted by atomic mass is 10.1. The molecule has 0 atom stereocenters. The van der Waals surface area contributed by atoms with Gasteiger partial charge in [-0.3, -0.25) is 9.78 Å². The Balaban J connectivity index is 2.38. The van der Waals surface area contributed by atoms with E-state index in [4.69, 9.17) is 9.47 Å². The minimum Gasteiger partial charge on any atom is -0.493 e. The van der Waals surface area contributed by atoms with Crippen molar-refractivity contribution in [3.63, 3.8) is 0 Å². The zero-order valence-corrected chi connectivity index (χ0v) is 12.8. The Hall–Kier alpha value is -2.82. The molecule has 0 aliphatic rings. The SMILES string of the molecule is CC=Cc1cc(C(=O)Nc2cccnc2)cc(OC)c1OC. The molecule has 1 heterocycles. The molecule has 114 valence electrons. The average molecular weight is 298 g/mol. The molecule has 0 unspecified atom stereocenters. The maximum absolute atomic E-state index is 12.4. The van der Waals surface area contributed by atoms with Crippen LogP contribution in [0.4, 0.5) is 5.69 Å². The number of ether oxygens (including phenoxy) is 2. The standard InChI is InChI=1S/C17H18N2O3/c1-4-6-12-9-13(10-15(21-2)16(12)22-3)17(20)19-14-7-5-8-18-11-14/h4-11H,1-3H3,(H,19,20). The van der Waals surface area contributed by atoms with Gasteiger partial charge in [-0.05, 0) is 31.2 Å². The predicted molar refractivity (Wildman–Crippen MR) is 86.4 cm³/mol. The van der Waals surface area contributed by atoms with Crippen molar-refractivity contribution in [3.05, 3.63) is 53.9 Å². The second kappa shape index (κ2) is 7.26. The van der Waals surface area contributed by atoms with Gasteiger partial charge in [0.25, 0.3) is 5.91 Å². The van der Waals surface area contributed by atoms with Crippen molar-refractivity contribution in [2.24, 2.45) is 0 Å². The Morgan fingerprint density at radius 2 is 2.09 bits per heavy atom. The fourth-order valence-electron chi connectivity index (χ4n) is 2.07. The van der Waals surface area contributed by atoms with Crippen LogP contribution in [0, 0.1) is 0 Å². The molecule has 0 spiro atoms. The minimum absolute atomic E-state index is 0.236. The van der Waals surface area contributed by atoms with Gasteiger partial charge in [0.05, 0.1) is 26.1 Å². The van der Waals surface area contributed by atoms with Crippen molar-refractivity contribution in [3.8, 4) is 11.5 Å². The quantitative estimate of drug-likeness (QED) is 0.919. The minimum atomic E-state index is -0.236. The van der Waals surface area contributed by atoms with Gasteiger partial charge in [-0.25, -0.2) is 0 Å². The van der Waals surface area contributed by atoms with E-state index in [2.05, 4.69) is 10.3 Å². The first-order valence-electron chi connectivity index (χ1n) is 6.79. The summed E-state index contributed by atoms with van der Waals surface area (Å²) in [5, 5.41) is 2.79. The van der Waals surface area contributed by atoms with E-state index >= 15 is 0 Å². The van der Waals surface area contributed by atoms with Crippen LogP contribution in [0.15, 0.2) is 42.7 Å². The molecule has 5 nitrogen and oxygen atoms in total. The Morgan fingerprint density at radius 1 is 1.27 bits per heavy atom. The molecule has 2 rings (SSSR count). The van der Waals surface area contributed by atoms with Crippen molar-refractivity contribution in [1.29, 1.82) is 0 Å². The second-order valence-electron chi connectivity index (χ2n) is 4.50. The molecule has 1 aromatic heterocycles. The van der Waals surface area contributed by atoms with Crippen LogP contribution >= 0.6 is 0 Å². The summed E-state index contributed by atoms with van der Waals surface area (Å²) in [5.41, 5.74) is 1.89. The number of pyridine rings is 1. The number of aromatic nitrogens is 1. The van der Waals surface area contributed by atoms with E-state index in [1.807, 2.05) is 19.1 Å². The molecule has 0 aliphatic heterocycles. The molecule has 2 aromatic rings. The van der Waals surface area contributed by atoms with Gasteiger partial charge in [0.1, 0.15) is 0 Å². The highest BCUT2D eigenvalue weighted by Gasteiger charge is 2.15. The van der Waals surface area contributed by atoms with Crippen LogP contribution in [0.3, 0.4) is 0 Å². The number of hydrogen-bond acceptors (Lipinski definition) is 4. The lowest BCUT2D eigenvalue weighted by Crippen LogP contribution is -2.12. The summed E-state index contributed by atoms with van der Waals surface area (Å²) in [4.78, 5) is 16.3. The first-order chi connectivity index (χ1) is 10.7. The maximum Gasteiger partial charge on any atom is 0.255 e.